The van der Waals surface area contributed by atoms with Gasteiger partial charge in [-0.2, -0.15) is 0 Å². The molecule has 5 heteroatoms. The van der Waals surface area contributed by atoms with E-state index in [1.807, 2.05) is 18.2 Å². The summed E-state index contributed by atoms with van der Waals surface area (Å²) in [4.78, 5) is 5.61. The minimum absolute atomic E-state index is 0.247. The summed E-state index contributed by atoms with van der Waals surface area (Å²) in [5.41, 5.74) is 3.50. The Bertz CT molecular complexity index is 732. The normalized spacial score (nSPS) is 12.9. The zero-order valence-corrected chi connectivity index (χ0v) is 13.0. The Balaban J connectivity index is 1.76. The van der Waals surface area contributed by atoms with Gasteiger partial charge in [-0.1, -0.05) is 23.7 Å². The van der Waals surface area contributed by atoms with E-state index in [9.17, 15) is 0 Å². The third-order valence-corrected chi connectivity index (χ3v) is 4.48. The van der Waals surface area contributed by atoms with E-state index in [-0.39, 0.29) is 6.04 Å². The number of nitrogens with one attached hydrogen (secondary N) is 1. The zero-order chi connectivity index (χ0) is 14.1. The van der Waals surface area contributed by atoms with E-state index in [4.69, 9.17) is 11.6 Å². The van der Waals surface area contributed by atoms with E-state index >= 15 is 0 Å². The third-order valence-electron chi connectivity index (χ3n) is 3.49. The van der Waals surface area contributed by atoms with Crippen LogP contribution in [0, 0.1) is 6.92 Å². The van der Waals surface area contributed by atoms with Gasteiger partial charge in [0.2, 0.25) is 0 Å². The molecule has 0 radical (unpaired) electrons. The number of imidazole rings is 1. The van der Waals surface area contributed by atoms with Gasteiger partial charge in [-0.05, 0) is 31.5 Å². The highest BCUT2D eigenvalue weighted by Gasteiger charge is 2.11. The minimum atomic E-state index is 0.247. The summed E-state index contributed by atoms with van der Waals surface area (Å²) < 4.78 is 2.15. The molecule has 3 rings (SSSR count). The average molecular weight is 306 g/mol. The first kappa shape index (κ1) is 13.6. The summed E-state index contributed by atoms with van der Waals surface area (Å²) in [5.74, 6) is 0. The maximum atomic E-state index is 6.04. The van der Waals surface area contributed by atoms with Crippen molar-refractivity contribution in [2.24, 2.45) is 0 Å². The fourth-order valence-corrected chi connectivity index (χ4v) is 3.27. The Morgan fingerprint density at radius 3 is 3.10 bits per heavy atom. The largest absolute Gasteiger partial charge is 0.305 e. The molecule has 0 fully saturated rings. The van der Waals surface area contributed by atoms with Crippen LogP contribution in [0.25, 0.3) is 4.96 Å². The Morgan fingerprint density at radius 2 is 2.30 bits per heavy atom. The van der Waals surface area contributed by atoms with Crippen molar-refractivity contribution in [3.63, 3.8) is 0 Å². The molecule has 1 atom stereocenters. The second-order valence-electron chi connectivity index (χ2n) is 4.86. The Morgan fingerprint density at radius 1 is 1.45 bits per heavy atom. The predicted molar refractivity (Wildman–Crippen MR) is 84.5 cm³/mol. The molecular weight excluding hydrogens is 290 g/mol. The first-order chi connectivity index (χ1) is 9.65. The van der Waals surface area contributed by atoms with Crippen molar-refractivity contribution in [2.75, 3.05) is 0 Å². The standard InChI is InChI=1S/C15H16ClN3S/c1-10(12-4-3-5-13(16)8-12)17-9-14-11(2)18-15-19(14)6-7-20-15/h3-8,10,17H,9H2,1-2H3/t10-/m1/s1. The van der Waals surface area contributed by atoms with Gasteiger partial charge in [-0.3, -0.25) is 4.40 Å². The van der Waals surface area contributed by atoms with Crippen LogP contribution in [0.15, 0.2) is 35.8 Å². The Hall–Kier alpha value is -1.36. The molecule has 0 unspecified atom stereocenters. The summed E-state index contributed by atoms with van der Waals surface area (Å²) in [6.07, 6.45) is 2.07. The lowest BCUT2D eigenvalue weighted by Crippen LogP contribution is -2.19. The molecule has 0 amide bonds. The molecule has 1 N–H and O–H groups in total. The first-order valence-electron chi connectivity index (χ1n) is 6.55. The van der Waals surface area contributed by atoms with Gasteiger partial charge in [0.05, 0.1) is 11.4 Å². The topological polar surface area (TPSA) is 29.3 Å². The molecule has 0 aliphatic carbocycles. The number of hydrogen-bond donors (Lipinski definition) is 1. The lowest BCUT2D eigenvalue weighted by Gasteiger charge is -2.14. The minimum Gasteiger partial charge on any atom is -0.305 e. The first-order valence-corrected chi connectivity index (χ1v) is 7.81. The van der Waals surface area contributed by atoms with Crippen LogP contribution < -0.4 is 5.32 Å². The van der Waals surface area contributed by atoms with Crippen molar-refractivity contribution in [3.8, 4) is 0 Å². The maximum absolute atomic E-state index is 6.04. The monoisotopic (exact) mass is 305 g/mol. The van der Waals surface area contributed by atoms with Gasteiger partial charge in [-0.25, -0.2) is 4.98 Å². The molecule has 2 heterocycles. The van der Waals surface area contributed by atoms with E-state index < -0.39 is 0 Å². The van der Waals surface area contributed by atoms with Gasteiger partial charge < -0.3 is 5.32 Å². The number of aryl methyl sites for hydroxylation is 1. The molecular formula is C15H16ClN3S. The summed E-state index contributed by atoms with van der Waals surface area (Å²) in [6.45, 7) is 4.99. The SMILES string of the molecule is Cc1nc2sccn2c1CN[C@H](C)c1cccc(Cl)c1. The van der Waals surface area contributed by atoms with Crippen molar-refractivity contribution in [1.82, 2.24) is 14.7 Å². The smallest absolute Gasteiger partial charge is 0.194 e. The predicted octanol–water partition coefficient (Wildman–Crippen LogP) is 4.21. The summed E-state index contributed by atoms with van der Waals surface area (Å²) in [6, 6.07) is 8.22. The van der Waals surface area contributed by atoms with Crippen LogP contribution in [0.5, 0.6) is 0 Å². The highest BCUT2D eigenvalue weighted by molar-refractivity contribution is 7.15. The maximum Gasteiger partial charge on any atom is 0.194 e. The van der Waals surface area contributed by atoms with Gasteiger partial charge in [0, 0.05) is 29.2 Å². The molecule has 104 valence electrons. The van der Waals surface area contributed by atoms with Crippen LogP contribution in [0.4, 0.5) is 0 Å². The van der Waals surface area contributed by atoms with Crippen molar-refractivity contribution in [2.45, 2.75) is 26.4 Å². The summed E-state index contributed by atoms with van der Waals surface area (Å²) in [7, 11) is 0. The Kier molecular flexibility index (Phi) is 3.78. The number of rotatable bonds is 4. The zero-order valence-electron chi connectivity index (χ0n) is 11.4. The highest BCUT2D eigenvalue weighted by atomic mass is 35.5. The fraction of sp³-hybridized carbons (Fsp3) is 0.267. The second-order valence-corrected chi connectivity index (χ2v) is 6.17. The summed E-state index contributed by atoms with van der Waals surface area (Å²) in [5, 5.41) is 6.37. The van der Waals surface area contributed by atoms with Crippen molar-refractivity contribution in [1.29, 1.82) is 0 Å². The molecule has 0 bridgehead atoms. The van der Waals surface area contributed by atoms with E-state index in [1.165, 1.54) is 11.3 Å². The fourth-order valence-electron chi connectivity index (χ4n) is 2.30. The molecule has 0 aliphatic rings. The number of benzene rings is 1. The molecule has 2 aromatic heterocycles. The molecule has 0 saturated carbocycles. The van der Waals surface area contributed by atoms with Crippen LogP contribution in [0.3, 0.4) is 0 Å². The van der Waals surface area contributed by atoms with E-state index in [1.54, 1.807) is 11.3 Å². The third kappa shape index (κ3) is 2.59. The number of fused-ring (bicyclic) bond motifs is 1. The Labute approximate surface area is 127 Å². The van der Waals surface area contributed by atoms with Crippen LogP contribution in [0.1, 0.15) is 29.9 Å². The van der Waals surface area contributed by atoms with Gasteiger partial charge in [0.15, 0.2) is 4.96 Å². The molecule has 0 aliphatic heterocycles. The van der Waals surface area contributed by atoms with Crippen molar-refractivity contribution in [3.05, 3.63) is 57.8 Å². The second kappa shape index (κ2) is 5.56. The number of halogens is 1. The highest BCUT2D eigenvalue weighted by Crippen LogP contribution is 2.20. The summed E-state index contributed by atoms with van der Waals surface area (Å²) >= 11 is 7.70. The van der Waals surface area contributed by atoms with Crippen LogP contribution >= 0.6 is 22.9 Å². The lowest BCUT2D eigenvalue weighted by molar-refractivity contribution is 0.564. The van der Waals surface area contributed by atoms with Gasteiger partial charge in [0.25, 0.3) is 0 Å². The van der Waals surface area contributed by atoms with Crippen molar-refractivity contribution >= 4 is 27.9 Å². The van der Waals surface area contributed by atoms with Crippen LogP contribution in [0.2, 0.25) is 5.02 Å². The number of nitrogens with zero attached hydrogens (tertiary/aromatic N) is 2. The number of thiazole rings is 1. The van der Waals surface area contributed by atoms with E-state index in [0.717, 1.165) is 22.2 Å². The molecule has 0 spiro atoms. The average Bonchev–Trinajstić information content (AvgIpc) is 2.97. The molecule has 1 aromatic carbocycles. The molecule has 3 nitrogen and oxygen atoms in total. The van der Waals surface area contributed by atoms with E-state index in [0.29, 0.717) is 0 Å². The van der Waals surface area contributed by atoms with Crippen LogP contribution in [-0.4, -0.2) is 9.38 Å². The van der Waals surface area contributed by atoms with E-state index in [2.05, 4.69) is 46.2 Å². The quantitative estimate of drug-likeness (QED) is 0.782. The van der Waals surface area contributed by atoms with Crippen LogP contribution in [-0.2, 0) is 6.54 Å². The molecule has 20 heavy (non-hydrogen) atoms. The van der Waals surface area contributed by atoms with Gasteiger partial charge in [0.1, 0.15) is 0 Å². The van der Waals surface area contributed by atoms with Gasteiger partial charge in [-0.15, -0.1) is 11.3 Å². The molecule has 3 aromatic rings. The van der Waals surface area contributed by atoms with Gasteiger partial charge >= 0.3 is 0 Å². The van der Waals surface area contributed by atoms with Crippen molar-refractivity contribution < 1.29 is 0 Å². The lowest BCUT2D eigenvalue weighted by atomic mass is 10.1. The molecule has 0 saturated heterocycles. The number of hydrogen-bond acceptors (Lipinski definition) is 3. The number of aromatic nitrogens is 2.